The molecule has 1 aliphatic heterocycles. The van der Waals surface area contributed by atoms with Crippen LogP contribution in [0.3, 0.4) is 0 Å². The van der Waals surface area contributed by atoms with Crippen LogP contribution < -0.4 is 0 Å². The third-order valence-corrected chi connectivity index (χ3v) is 5.35. The van der Waals surface area contributed by atoms with Crippen LogP contribution in [0.2, 0.25) is 0 Å². The van der Waals surface area contributed by atoms with Crippen molar-refractivity contribution in [1.29, 1.82) is 0 Å². The summed E-state index contributed by atoms with van der Waals surface area (Å²) in [5.74, 6) is -1.19. The van der Waals surface area contributed by atoms with E-state index in [1.54, 1.807) is 13.0 Å². The van der Waals surface area contributed by atoms with Gasteiger partial charge in [-0.05, 0) is 31.7 Å². The van der Waals surface area contributed by atoms with E-state index in [-0.39, 0.29) is 19.4 Å². The fraction of sp³-hybridized carbons (Fsp3) is 0.545. The van der Waals surface area contributed by atoms with E-state index in [1.807, 2.05) is 37.3 Å². The third kappa shape index (κ3) is 6.13. The van der Waals surface area contributed by atoms with Gasteiger partial charge in [-0.15, -0.1) is 6.58 Å². The van der Waals surface area contributed by atoms with Gasteiger partial charge in [0.15, 0.2) is 0 Å². The molecule has 2 rings (SSSR count). The van der Waals surface area contributed by atoms with Gasteiger partial charge in [0, 0.05) is 7.11 Å². The molecule has 1 saturated heterocycles. The number of ether oxygens (including phenoxy) is 3. The minimum Gasteiger partial charge on any atom is -0.447 e. The summed E-state index contributed by atoms with van der Waals surface area (Å²) in [7, 11) is 1.53. The van der Waals surface area contributed by atoms with Crippen molar-refractivity contribution in [1.82, 2.24) is 4.90 Å². The quantitative estimate of drug-likeness (QED) is 0.450. The van der Waals surface area contributed by atoms with Gasteiger partial charge in [-0.25, -0.2) is 9.69 Å². The van der Waals surface area contributed by atoms with Crippen molar-refractivity contribution in [3.63, 3.8) is 0 Å². The monoisotopic (exact) mass is 405 g/mol. The average molecular weight is 405 g/mol. The van der Waals surface area contributed by atoms with Crippen molar-refractivity contribution in [2.24, 2.45) is 5.92 Å². The van der Waals surface area contributed by atoms with Crippen LogP contribution in [0, 0.1) is 5.92 Å². The molecule has 7 heteroatoms. The minimum absolute atomic E-state index is 0.105. The van der Waals surface area contributed by atoms with Crippen LogP contribution in [0.5, 0.6) is 0 Å². The van der Waals surface area contributed by atoms with Crippen LogP contribution in [0.4, 0.5) is 4.79 Å². The fourth-order valence-electron chi connectivity index (χ4n) is 3.26. The number of nitrogens with zero attached hydrogens (tertiary/aromatic N) is 1. The molecule has 0 spiro atoms. The van der Waals surface area contributed by atoms with Gasteiger partial charge in [-0.1, -0.05) is 43.3 Å². The van der Waals surface area contributed by atoms with Gasteiger partial charge in [0.2, 0.25) is 5.91 Å². The number of carbonyl (C=O) groups excluding carboxylic acids is 2. The first-order valence-corrected chi connectivity index (χ1v) is 9.79. The summed E-state index contributed by atoms with van der Waals surface area (Å²) < 4.78 is 15.6. The second kappa shape index (κ2) is 10.5. The van der Waals surface area contributed by atoms with Gasteiger partial charge in [0.1, 0.15) is 13.4 Å². The lowest BCUT2D eigenvalue weighted by Gasteiger charge is -2.29. The maximum atomic E-state index is 13.0. The normalized spacial score (nSPS) is 20.6. The number of imide groups is 1. The molecule has 0 radical (unpaired) electrons. The highest BCUT2D eigenvalue weighted by atomic mass is 16.7. The van der Waals surface area contributed by atoms with Crippen LogP contribution in [0.1, 0.15) is 32.3 Å². The summed E-state index contributed by atoms with van der Waals surface area (Å²) in [4.78, 5) is 26.3. The number of benzene rings is 1. The van der Waals surface area contributed by atoms with E-state index in [0.717, 1.165) is 10.5 Å². The van der Waals surface area contributed by atoms with E-state index < -0.39 is 29.6 Å². The molecule has 2 amide bonds. The second-order valence-electron chi connectivity index (χ2n) is 7.59. The van der Waals surface area contributed by atoms with Gasteiger partial charge in [-0.3, -0.25) is 4.79 Å². The molecular formula is C22H31NO6. The van der Waals surface area contributed by atoms with Gasteiger partial charge in [0.05, 0.1) is 23.7 Å². The van der Waals surface area contributed by atoms with Crippen molar-refractivity contribution in [3.05, 3.63) is 48.6 Å². The highest BCUT2D eigenvalue weighted by molar-refractivity contribution is 5.94. The zero-order valence-corrected chi connectivity index (χ0v) is 17.4. The molecule has 29 heavy (non-hydrogen) atoms. The number of carbonyl (C=O) groups is 2. The number of aliphatic hydroxyl groups is 1. The van der Waals surface area contributed by atoms with E-state index >= 15 is 0 Å². The first kappa shape index (κ1) is 23.1. The SMILES string of the molecule is C=C[C@@](C)(CC[C@@H](O)[C@H](C)C(=O)N1C(=O)OC[C@@H]1Cc1ccccc1)OCOC. The molecule has 1 aromatic carbocycles. The third-order valence-electron chi connectivity index (χ3n) is 5.35. The summed E-state index contributed by atoms with van der Waals surface area (Å²) >= 11 is 0. The summed E-state index contributed by atoms with van der Waals surface area (Å²) in [5.41, 5.74) is 0.334. The summed E-state index contributed by atoms with van der Waals surface area (Å²) in [6.45, 7) is 7.49. The Morgan fingerprint density at radius 1 is 1.45 bits per heavy atom. The van der Waals surface area contributed by atoms with Crippen LogP contribution >= 0.6 is 0 Å². The summed E-state index contributed by atoms with van der Waals surface area (Å²) in [6, 6.07) is 9.24. The van der Waals surface area contributed by atoms with E-state index in [1.165, 1.54) is 7.11 Å². The highest BCUT2D eigenvalue weighted by Crippen LogP contribution is 2.25. The largest absolute Gasteiger partial charge is 0.447 e. The van der Waals surface area contributed by atoms with Crippen LogP contribution in [-0.4, -0.2) is 60.3 Å². The van der Waals surface area contributed by atoms with Crippen molar-refractivity contribution >= 4 is 12.0 Å². The maximum absolute atomic E-state index is 13.0. The zero-order chi connectivity index (χ0) is 21.4. The Bertz CT molecular complexity index is 694. The molecule has 1 aliphatic rings. The van der Waals surface area contributed by atoms with Gasteiger partial charge >= 0.3 is 6.09 Å². The molecule has 0 bridgehead atoms. The Morgan fingerprint density at radius 2 is 2.14 bits per heavy atom. The van der Waals surface area contributed by atoms with Gasteiger partial charge in [-0.2, -0.15) is 0 Å². The number of hydrogen-bond donors (Lipinski definition) is 1. The predicted molar refractivity (Wildman–Crippen MR) is 108 cm³/mol. The summed E-state index contributed by atoms with van der Waals surface area (Å²) in [5, 5.41) is 10.6. The Balaban J connectivity index is 1.99. The average Bonchev–Trinajstić information content (AvgIpc) is 3.10. The fourth-order valence-corrected chi connectivity index (χ4v) is 3.26. The first-order valence-electron chi connectivity index (χ1n) is 9.79. The van der Waals surface area contributed by atoms with Crippen molar-refractivity contribution in [2.45, 2.75) is 50.9 Å². The van der Waals surface area contributed by atoms with E-state index in [0.29, 0.717) is 19.3 Å². The van der Waals surface area contributed by atoms with Crippen LogP contribution in [-0.2, 0) is 25.4 Å². The standard InChI is InChI=1S/C22H31NO6/c1-5-22(3,29-15-27-4)12-11-19(24)16(2)20(25)23-18(14-28-21(23)26)13-17-9-7-6-8-10-17/h5-10,16,18-19,24H,1,11-15H2,2-4H3/t16-,18-,19+,22-/m0/s1. The first-order chi connectivity index (χ1) is 13.8. The molecule has 1 fully saturated rings. The predicted octanol–water partition coefficient (Wildman–Crippen LogP) is 2.92. The number of cyclic esters (lactones) is 1. The number of methoxy groups -OCH3 is 1. The van der Waals surface area contributed by atoms with Crippen LogP contribution in [0.15, 0.2) is 43.0 Å². The lowest BCUT2D eigenvalue weighted by molar-refractivity contribution is -0.137. The van der Waals surface area contributed by atoms with Gasteiger partial charge in [0.25, 0.3) is 0 Å². The smallest absolute Gasteiger partial charge is 0.416 e. The molecule has 7 nitrogen and oxygen atoms in total. The molecule has 0 unspecified atom stereocenters. The molecule has 1 heterocycles. The van der Waals surface area contributed by atoms with E-state index in [4.69, 9.17) is 14.2 Å². The lowest BCUT2D eigenvalue weighted by atomic mass is 9.92. The van der Waals surface area contributed by atoms with Gasteiger partial charge < -0.3 is 19.3 Å². The minimum atomic E-state index is -0.932. The molecule has 0 aliphatic carbocycles. The maximum Gasteiger partial charge on any atom is 0.416 e. The lowest BCUT2D eigenvalue weighted by Crippen LogP contribution is -2.46. The number of amides is 2. The molecule has 0 aromatic heterocycles. The molecule has 1 N–H and O–H groups in total. The van der Waals surface area contributed by atoms with Crippen molar-refractivity contribution in [2.75, 3.05) is 20.5 Å². The summed E-state index contributed by atoms with van der Waals surface area (Å²) in [6.07, 6.45) is 1.34. The Kier molecular flexibility index (Phi) is 8.37. The number of hydrogen-bond acceptors (Lipinski definition) is 6. The molecule has 4 atom stereocenters. The van der Waals surface area contributed by atoms with E-state index in [9.17, 15) is 14.7 Å². The molecule has 0 saturated carbocycles. The van der Waals surface area contributed by atoms with Crippen molar-refractivity contribution < 1.29 is 28.9 Å². The Morgan fingerprint density at radius 3 is 2.76 bits per heavy atom. The topological polar surface area (TPSA) is 85.3 Å². The number of rotatable bonds is 11. The van der Waals surface area contributed by atoms with Crippen molar-refractivity contribution in [3.8, 4) is 0 Å². The number of aliphatic hydroxyl groups excluding tert-OH is 1. The molecule has 160 valence electrons. The zero-order valence-electron chi connectivity index (χ0n) is 17.4. The van der Waals surface area contributed by atoms with E-state index in [2.05, 4.69) is 6.58 Å². The molecular weight excluding hydrogens is 374 g/mol. The Labute approximate surface area is 172 Å². The van der Waals surface area contributed by atoms with Crippen LogP contribution in [0.25, 0.3) is 0 Å². The highest BCUT2D eigenvalue weighted by Gasteiger charge is 2.41. The Hall–Kier alpha value is -2.22. The second-order valence-corrected chi connectivity index (χ2v) is 7.59. The molecule has 1 aromatic rings.